The van der Waals surface area contributed by atoms with Crippen LogP contribution in [0.2, 0.25) is 0 Å². The lowest BCUT2D eigenvalue weighted by Gasteiger charge is -2.18. The van der Waals surface area contributed by atoms with E-state index < -0.39 is 0 Å². The van der Waals surface area contributed by atoms with Gasteiger partial charge in [0.25, 0.3) is 0 Å². The van der Waals surface area contributed by atoms with Crippen LogP contribution in [0.25, 0.3) is 0 Å². The van der Waals surface area contributed by atoms with Crippen molar-refractivity contribution in [3.8, 4) is 0 Å². The van der Waals surface area contributed by atoms with Gasteiger partial charge in [-0.25, -0.2) is 0 Å². The Labute approximate surface area is 126 Å². The number of hydrogen-bond donors (Lipinski definition) is 1. The van der Waals surface area contributed by atoms with Gasteiger partial charge in [0.05, 0.1) is 6.54 Å². The number of carbonyl (C=O) groups is 1. The number of amides is 1. The fourth-order valence-corrected chi connectivity index (χ4v) is 2.26. The van der Waals surface area contributed by atoms with E-state index >= 15 is 0 Å². The minimum Gasteiger partial charge on any atom is -0.452 e. The molecule has 4 nitrogen and oxygen atoms in total. The molecule has 2 rings (SSSR count). The Morgan fingerprint density at radius 3 is 2.60 bits per heavy atom. The van der Waals surface area contributed by atoms with Gasteiger partial charge in [0.2, 0.25) is 5.91 Å². The third-order valence-electron chi connectivity index (χ3n) is 3.07. The lowest BCUT2D eigenvalue weighted by molar-refractivity contribution is -0.131. The monoisotopic (exact) mass is 336 g/mol. The van der Waals surface area contributed by atoms with Crippen LogP contribution in [0, 0.1) is 0 Å². The summed E-state index contributed by atoms with van der Waals surface area (Å²) < 4.78 is 6.05. The van der Waals surface area contributed by atoms with Crippen LogP contribution >= 0.6 is 15.9 Å². The van der Waals surface area contributed by atoms with Crippen LogP contribution in [0.1, 0.15) is 23.8 Å². The number of carbonyl (C=O) groups excluding carboxylic acids is 1. The normalized spacial score (nSPS) is 12.2. The van der Waals surface area contributed by atoms with Crippen LogP contribution in [-0.2, 0) is 11.3 Å². The maximum absolute atomic E-state index is 12.1. The number of nitrogens with two attached hydrogens (primary N) is 1. The molecule has 20 heavy (non-hydrogen) atoms. The lowest BCUT2D eigenvalue weighted by atomic mass is 10.0. The number of halogens is 1. The number of rotatable bonds is 5. The van der Waals surface area contributed by atoms with E-state index in [4.69, 9.17) is 10.2 Å². The standard InChI is InChI=1S/C15H17BrN2O2/c1-18(10-12-7-8-14(16)20-12)15(19)9-13(17)11-5-3-2-4-6-11/h2-8,13H,9-10,17H2,1H3. The fraction of sp³-hybridized carbons (Fsp3) is 0.267. The van der Waals surface area contributed by atoms with Crippen molar-refractivity contribution < 1.29 is 9.21 Å². The van der Waals surface area contributed by atoms with E-state index in [1.807, 2.05) is 42.5 Å². The molecule has 5 heteroatoms. The molecule has 1 aromatic heterocycles. The van der Waals surface area contributed by atoms with Crippen LogP contribution in [0.4, 0.5) is 0 Å². The van der Waals surface area contributed by atoms with Crippen LogP contribution in [0.15, 0.2) is 51.6 Å². The summed E-state index contributed by atoms with van der Waals surface area (Å²) in [5.74, 6) is 0.731. The summed E-state index contributed by atoms with van der Waals surface area (Å²) in [5.41, 5.74) is 7.02. The molecule has 1 amide bonds. The van der Waals surface area contributed by atoms with Gasteiger partial charge in [-0.1, -0.05) is 30.3 Å². The first-order chi connectivity index (χ1) is 9.56. The van der Waals surface area contributed by atoms with Gasteiger partial charge in [0.1, 0.15) is 5.76 Å². The van der Waals surface area contributed by atoms with E-state index in [1.165, 1.54) is 0 Å². The highest BCUT2D eigenvalue weighted by Crippen LogP contribution is 2.17. The number of nitrogens with zero attached hydrogens (tertiary/aromatic N) is 1. The zero-order chi connectivity index (χ0) is 14.5. The number of furan rings is 1. The van der Waals surface area contributed by atoms with Crippen molar-refractivity contribution in [1.82, 2.24) is 4.90 Å². The average molecular weight is 337 g/mol. The topological polar surface area (TPSA) is 59.5 Å². The molecule has 0 aliphatic heterocycles. The largest absolute Gasteiger partial charge is 0.452 e. The summed E-state index contributed by atoms with van der Waals surface area (Å²) in [6.07, 6.45) is 0.280. The molecule has 1 aromatic carbocycles. The van der Waals surface area contributed by atoms with Gasteiger partial charge >= 0.3 is 0 Å². The van der Waals surface area contributed by atoms with Gasteiger partial charge in [-0.2, -0.15) is 0 Å². The second-order valence-corrected chi connectivity index (χ2v) is 5.46. The highest BCUT2D eigenvalue weighted by atomic mass is 79.9. The molecule has 106 valence electrons. The molecule has 0 spiro atoms. The predicted molar refractivity (Wildman–Crippen MR) is 80.9 cm³/mol. The molecule has 2 aromatic rings. The number of hydrogen-bond acceptors (Lipinski definition) is 3. The summed E-state index contributed by atoms with van der Waals surface area (Å²) in [6, 6.07) is 13.0. The lowest BCUT2D eigenvalue weighted by Crippen LogP contribution is -2.29. The van der Waals surface area contributed by atoms with Gasteiger partial charge in [-0.3, -0.25) is 4.79 Å². The molecule has 1 atom stereocenters. The SMILES string of the molecule is CN(Cc1ccc(Br)o1)C(=O)CC(N)c1ccccc1. The first-order valence-electron chi connectivity index (χ1n) is 6.35. The Morgan fingerprint density at radius 2 is 2.00 bits per heavy atom. The van der Waals surface area contributed by atoms with Gasteiger partial charge in [0, 0.05) is 19.5 Å². The average Bonchev–Trinajstić information content (AvgIpc) is 2.85. The van der Waals surface area contributed by atoms with Crippen molar-refractivity contribution in [2.75, 3.05) is 7.05 Å². The van der Waals surface area contributed by atoms with Gasteiger partial charge in [0.15, 0.2) is 4.67 Å². The quantitative estimate of drug-likeness (QED) is 0.912. The molecule has 0 saturated carbocycles. The Hall–Kier alpha value is -1.59. The second-order valence-electron chi connectivity index (χ2n) is 4.68. The molecule has 0 aliphatic rings. The van der Waals surface area contributed by atoms with Gasteiger partial charge in [-0.05, 0) is 33.6 Å². The molecule has 0 fully saturated rings. The molecule has 0 bridgehead atoms. The van der Waals surface area contributed by atoms with E-state index in [2.05, 4.69) is 15.9 Å². The van der Waals surface area contributed by atoms with Crippen LogP contribution < -0.4 is 5.73 Å². The van der Waals surface area contributed by atoms with E-state index in [0.29, 0.717) is 11.2 Å². The fourth-order valence-electron chi connectivity index (χ4n) is 1.92. The maximum Gasteiger partial charge on any atom is 0.224 e. The maximum atomic E-state index is 12.1. The van der Waals surface area contributed by atoms with Crippen molar-refractivity contribution in [1.29, 1.82) is 0 Å². The smallest absolute Gasteiger partial charge is 0.224 e. The molecular weight excluding hydrogens is 320 g/mol. The summed E-state index contributed by atoms with van der Waals surface area (Å²) in [4.78, 5) is 13.7. The molecule has 0 aliphatic carbocycles. The minimum atomic E-state index is -0.283. The first-order valence-corrected chi connectivity index (χ1v) is 7.14. The summed E-state index contributed by atoms with van der Waals surface area (Å²) >= 11 is 3.24. The Balaban J connectivity index is 1.91. The van der Waals surface area contributed by atoms with Crippen LogP contribution in [0.3, 0.4) is 0 Å². The van der Waals surface area contributed by atoms with Crippen molar-refractivity contribution >= 4 is 21.8 Å². The third-order valence-corrected chi connectivity index (χ3v) is 3.50. The van der Waals surface area contributed by atoms with Crippen molar-refractivity contribution in [2.24, 2.45) is 5.73 Å². The van der Waals surface area contributed by atoms with E-state index in [0.717, 1.165) is 11.3 Å². The molecular formula is C15H17BrN2O2. The van der Waals surface area contributed by atoms with Crippen molar-refractivity contribution in [3.63, 3.8) is 0 Å². The van der Waals surface area contributed by atoms with E-state index in [1.54, 1.807) is 11.9 Å². The summed E-state index contributed by atoms with van der Waals surface area (Å²) in [6.45, 7) is 0.436. The molecule has 0 radical (unpaired) electrons. The van der Waals surface area contributed by atoms with Gasteiger partial charge < -0.3 is 15.1 Å². The summed E-state index contributed by atoms with van der Waals surface area (Å²) in [5, 5.41) is 0. The zero-order valence-corrected chi connectivity index (χ0v) is 12.8. The molecule has 2 N–H and O–H groups in total. The summed E-state index contributed by atoms with van der Waals surface area (Å²) in [7, 11) is 1.75. The highest BCUT2D eigenvalue weighted by molar-refractivity contribution is 9.10. The highest BCUT2D eigenvalue weighted by Gasteiger charge is 2.16. The molecule has 1 unspecified atom stereocenters. The van der Waals surface area contributed by atoms with Crippen LogP contribution in [0.5, 0.6) is 0 Å². The van der Waals surface area contributed by atoms with E-state index in [9.17, 15) is 4.79 Å². The van der Waals surface area contributed by atoms with Gasteiger partial charge in [-0.15, -0.1) is 0 Å². The minimum absolute atomic E-state index is 0.00567. The molecule has 0 saturated heterocycles. The molecule has 1 heterocycles. The van der Waals surface area contributed by atoms with Crippen LogP contribution in [-0.4, -0.2) is 17.9 Å². The van der Waals surface area contributed by atoms with Crippen molar-refractivity contribution in [2.45, 2.75) is 19.0 Å². The predicted octanol–water partition coefficient (Wildman–Crippen LogP) is 3.09. The van der Waals surface area contributed by atoms with Crippen molar-refractivity contribution in [3.05, 3.63) is 58.5 Å². The zero-order valence-electron chi connectivity index (χ0n) is 11.3. The Morgan fingerprint density at radius 1 is 1.30 bits per heavy atom. The first kappa shape index (κ1) is 14.8. The number of benzene rings is 1. The Kier molecular flexibility index (Phi) is 4.98. The second kappa shape index (κ2) is 6.72. The Bertz CT molecular complexity index is 568. The van der Waals surface area contributed by atoms with E-state index in [-0.39, 0.29) is 18.4 Å². The third kappa shape index (κ3) is 3.95.